The first-order chi connectivity index (χ1) is 23.7. The van der Waals surface area contributed by atoms with Crippen molar-refractivity contribution >= 4 is 33.3 Å². The highest BCUT2D eigenvalue weighted by molar-refractivity contribution is 7.92. The summed E-state index contributed by atoms with van der Waals surface area (Å²) >= 11 is 5.83. The second-order valence-corrected chi connectivity index (χ2v) is 15.3. The zero-order valence-electron chi connectivity index (χ0n) is 26.4. The molecule has 7 nitrogen and oxygen atoms in total. The van der Waals surface area contributed by atoms with Gasteiger partial charge in [-0.25, -0.2) is 17.2 Å². The standard InChI is InChI=1S/C34H30ClF8NO6S/c35-27-2-1-3-28(37)26(27)18-50-32(33(38,39)40,34(41,42)43)23-10-8-22(9-11-23)31(51(48,49)25-14-12-24(36)13-15-25)16-17-44(19-31)29(45)20-4-6-21(7-5-20)30(46)47/h1-3,8-15,20-21H,4-7,16-19H2,(H,46,47)/t20?,21?,31-/m0/s1. The van der Waals surface area contributed by atoms with E-state index in [4.69, 9.17) is 11.6 Å². The van der Waals surface area contributed by atoms with Crippen LogP contribution in [0.4, 0.5) is 35.1 Å². The Morgan fingerprint density at radius 3 is 1.96 bits per heavy atom. The number of hydrogen-bond donors (Lipinski definition) is 1. The average Bonchev–Trinajstić information content (AvgIpc) is 3.53. The number of carbonyl (C=O) groups excluding carboxylic acids is 1. The average molecular weight is 768 g/mol. The number of benzene rings is 3. The Morgan fingerprint density at radius 2 is 1.43 bits per heavy atom. The summed E-state index contributed by atoms with van der Waals surface area (Å²) in [5, 5.41) is 8.83. The van der Waals surface area contributed by atoms with E-state index >= 15 is 0 Å². The van der Waals surface area contributed by atoms with Crippen molar-refractivity contribution in [2.24, 2.45) is 11.8 Å². The van der Waals surface area contributed by atoms with Crippen molar-refractivity contribution in [2.45, 2.75) is 66.3 Å². The molecule has 2 aliphatic rings. The molecule has 1 aliphatic heterocycles. The minimum atomic E-state index is -6.17. The van der Waals surface area contributed by atoms with Gasteiger partial charge in [-0.2, -0.15) is 26.3 Å². The number of likely N-dealkylation sites (tertiary alicyclic amines) is 1. The van der Waals surface area contributed by atoms with E-state index in [0.717, 1.165) is 54.6 Å². The van der Waals surface area contributed by atoms with Crippen LogP contribution in [0.2, 0.25) is 5.02 Å². The topological polar surface area (TPSA) is 101 Å². The second-order valence-electron chi connectivity index (χ2n) is 12.6. The summed E-state index contributed by atoms with van der Waals surface area (Å²) in [6, 6.07) is 8.94. The molecule has 17 heteroatoms. The molecule has 0 unspecified atom stereocenters. The van der Waals surface area contributed by atoms with Gasteiger partial charge in [0.15, 0.2) is 9.84 Å². The lowest BCUT2D eigenvalue weighted by Crippen LogP contribution is -2.56. The van der Waals surface area contributed by atoms with Crippen LogP contribution in [0.5, 0.6) is 0 Å². The molecule has 1 heterocycles. The van der Waals surface area contributed by atoms with E-state index in [2.05, 4.69) is 4.74 Å². The molecular weight excluding hydrogens is 738 g/mol. The fourth-order valence-electron chi connectivity index (χ4n) is 6.86. The normalized spacial score (nSPS) is 21.9. The maximum atomic E-state index is 14.6. The Bertz CT molecular complexity index is 1840. The molecule has 1 saturated heterocycles. The van der Waals surface area contributed by atoms with Crippen molar-refractivity contribution in [3.8, 4) is 0 Å². The first-order valence-corrected chi connectivity index (χ1v) is 17.4. The fraction of sp³-hybridized carbons (Fsp3) is 0.412. The van der Waals surface area contributed by atoms with Gasteiger partial charge in [0.1, 0.15) is 16.4 Å². The van der Waals surface area contributed by atoms with Crippen molar-refractivity contribution in [2.75, 3.05) is 13.1 Å². The molecule has 51 heavy (non-hydrogen) atoms. The summed E-state index contributed by atoms with van der Waals surface area (Å²) in [7, 11) is -4.62. The summed E-state index contributed by atoms with van der Waals surface area (Å²) in [6.07, 6.45) is -11.8. The molecule has 0 bridgehead atoms. The van der Waals surface area contributed by atoms with Gasteiger partial charge >= 0.3 is 18.3 Å². The van der Waals surface area contributed by atoms with Gasteiger partial charge in [-0.3, -0.25) is 9.59 Å². The number of carboxylic acid groups (broad SMARTS) is 1. The predicted molar refractivity (Wildman–Crippen MR) is 166 cm³/mol. The number of rotatable bonds is 9. The van der Waals surface area contributed by atoms with Crippen LogP contribution in [0.15, 0.2) is 71.6 Å². The van der Waals surface area contributed by atoms with Gasteiger partial charge in [-0.15, -0.1) is 0 Å². The van der Waals surface area contributed by atoms with Crippen molar-refractivity contribution in [1.29, 1.82) is 0 Å². The largest absolute Gasteiger partial charge is 0.481 e. The summed E-state index contributed by atoms with van der Waals surface area (Å²) < 4.78 is 147. The van der Waals surface area contributed by atoms with E-state index in [-0.39, 0.29) is 44.2 Å². The number of ether oxygens (including phenoxy) is 1. The van der Waals surface area contributed by atoms with Gasteiger partial charge in [-0.1, -0.05) is 41.9 Å². The van der Waals surface area contributed by atoms with E-state index in [1.165, 1.54) is 4.90 Å². The highest BCUT2D eigenvalue weighted by atomic mass is 35.5. The minimum absolute atomic E-state index is 0.165. The number of carbonyl (C=O) groups is 2. The third-order valence-corrected chi connectivity index (χ3v) is 12.6. The van der Waals surface area contributed by atoms with Crippen molar-refractivity contribution < 1.29 is 63.0 Å². The van der Waals surface area contributed by atoms with Gasteiger partial charge in [0, 0.05) is 35.2 Å². The molecule has 1 aliphatic carbocycles. The Balaban J connectivity index is 1.56. The van der Waals surface area contributed by atoms with E-state index in [9.17, 15) is 58.2 Å². The van der Waals surface area contributed by atoms with Crippen LogP contribution in [0, 0.1) is 23.5 Å². The van der Waals surface area contributed by atoms with Gasteiger partial charge in [0.05, 0.1) is 17.4 Å². The minimum Gasteiger partial charge on any atom is -0.481 e. The van der Waals surface area contributed by atoms with Crippen LogP contribution in [0.1, 0.15) is 48.8 Å². The zero-order valence-corrected chi connectivity index (χ0v) is 28.0. The number of amides is 1. The number of aliphatic carboxylic acids is 1. The molecule has 1 N–H and O–H groups in total. The highest BCUT2D eigenvalue weighted by Gasteiger charge is 2.73. The van der Waals surface area contributed by atoms with Crippen molar-refractivity contribution in [1.82, 2.24) is 4.90 Å². The first-order valence-electron chi connectivity index (χ1n) is 15.6. The molecule has 3 aromatic rings. The Kier molecular flexibility index (Phi) is 10.6. The Labute approximate surface area is 292 Å². The van der Waals surface area contributed by atoms with E-state index < -0.39 is 102 Å². The molecule has 0 spiro atoms. The molecule has 0 aromatic heterocycles. The molecule has 0 radical (unpaired) electrons. The van der Waals surface area contributed by atoms with E-state index in [1.54, 1.807) is 0 Å². The van der Waals surface area contributed by atoms with Gasteiger partial charge in [-0.05, 0) is 74.1 Å². The summed E-state index contributed by atoms with van der Waals surface area (Å²) in [4.78, 5) is 25.8. The molecule has 1 amide bonds. The number of hydrogen-bond acceptors (Lipinski definition) is 5. The third kappa shape index (κ3) is 6.93. The van der Waals surface area contributed by atoms with Crippen LogP contribution < -0.4 is 0 Å². The molecule has 1 atom stereocenters. The quantitative estimate of drug-likeness (QED) is 0.175. The maximum absolute atomic E-state index is 14.6. The number of nitrogens with zero attached hydrogens (tertiary/aromatic N) is 1. The number of halogens is 9. The molecule has 276 valence electrons. The van der Waals surface area contributed by atoms with Gasteiger partial charge < -0.3 is 14.7 Å². The lowest BCUT2D eigenvalue weighted by atomic mass is 9.81. The molecule has 1 saturated carbocycles. The van der Waals surface area contributed by atoms with E-state index in [0.29, 0.717) is 12.1 Å². The maximum Gasteiger partial charge on any atom is 0.430 e. The zero-order chi connectivity index (χ0) is 37.6. The second kappa shape index (κ2) is 14.0. The van der Waals surface area contributed by atoms with Crippen LogP contribution in [-0.4, -0.2) is 55.7 Å². The van der Waals surface area contributed by atoms with Crippen molar-refractivity contribution in [3.63, 3.8) is 0 Å². The van der Waals surface area contributed by atoms with Crippen LogP contribution in [0.25, 0.3) is 0 Å². The lowest BCUT2D eigenvalue weighted by Gasteiger charge is -2.38. The van der Waals surface area contributed by atoms with Crippen molar-refractivity contribution in [3.05, 3.63) is 100 Å². The predicted octanol–water partition coefficient (Wildman–Crippen LogP) is 7.95. The highest BCUT2D eigenvalue weighted by Crippen LogP contribution is 2.54. The molecule has 3 aromatic carbocycles. The van der Waals surface area contributed by atoms with Crippen LogP contribution in [0.3, 0.4) is 0 Å². The Hall–Kier alpha value is -3.76. The third-order valence-electron chi connectivity index (χ3n) is 9.72. The summed E-state index contributed by atoms with van der Waals surface area (Å²) in [5.41, 5.74) is -7.52. The van der Waals surface area contributed by atoms with Crippen LogP contribution >= 0.6 is 11.6 Å². The lowest BCUT2D eigenvalue weighted by molar-refractivity contribution is -0.392. The van der Waals surface area contributed by atoms with E-state index in [1.807, 2.05) is 0 Å². The molecule has 5 rings (SSSR count). The SMILES string of the molecule is O=C(O)C1CCC(C(=O)N2CC[C@](c3ccc(C(OCc4c(F)cccc4Cl)(C(F)(F)F)C(F)(F)F)cc3)(S(=O)(=O)c3ccc(F)cc3)C2)CC1. The number of carboxylic acids is 1. The molecule has 2 fully saturated rings. The number of alkyl halides is 6. The molecular formula is C34H30ClF8NO6S. The van der Waals surface area contributed by atoms with Gasteiger partial charge in [0.25, 0.3) is 5.60 Å². The van der Waals surface area contributed by atoms with Gasteiger partial charge in [0.2, 0.25) is 5.91 Å². The number of sulfone groups is 1. The first kappa shape index (κ1) is 38.5. The summed E-state index contributed by atoms with van der Waals surface area (Å²) in [5.74, 6) is -4.74. The van der Waals surface area contributed by atoms with Crippen LogP contribution in [-0.2, 0) is 41.1 Å². The smallest absolute Gasteiger partial charge is 0.430 e. The summed E-state index contributed by atoms with van der Waals surface area (Å²) in [6.45, 7) is -2.25. The fourth-order valence-corrected chi connectivity index (χ4v) is 9.15. The monoisotopic (exact) mass is 767 g/mol. The Morgan fingerprint density at radius 1 is 0.863 bits per heavy atom.